The Morgan fingerprint density at radius 3 is 2.53 bits per heavy atom. The molecule has 0 bridgehead atoms. The van der Waals surface area contributed by atoms with Crippen LogP contribution in [0.15, 0.2) is 48.7 Å². The van der Waals surface area contributed by atoms with Crippen LogP contribution in [0.25, 0.3) is 27.8 Å². The number of fused-ring (bicyclic) bond motifs is 2. The van der Waals surface area contributed by atoms with Gasteiger partial charge in [0, 0.05) is 35.7 Å². The fourth-order valence-corrected chi connectivity index (χ4v) is 5.31. The summed E-state index contributed by atoms with van der Waals surface area (Å²) in [6, 6.07) is 15.0. The predicted octanol–water partition coefficient (Wildman–Crippen LogP) is 6.60. The Morgan fingerprint density at radius 2 is 1.82 bits per heavy atom. The van der Waals surface area contributed by atoms with Crippen LogP contribution in [0.1, 0.15) is 43.2 Å². The largest absolute Gasteiger partial charge is 0.444 e. The number of benzene rings is 2. The molecule has 3 heterocycles. The van der Waals surface area contributed by atoms with Gasteiger partial charge in [-0.25, -0.2) is 9.48 Å². The smallest absolute Gasteiger partial charge is 0.410 e. The number of halogens is 1. The molecule has 0 radical (unpaired) electrons. The lowest BCUT2D eigenvalue weighted by Gasteiger charge is -2.30. The van der Waals surface area contributed by atoms with Gasteiger partial charge in [-0.1, -0.05) is 24.3 Å². The zero-order chi connectivity index (χ0) is 24.2. The summed E-state index contributed by atoms with van der Waals surface area (Å²) in [4.78, 5) is 14.7. The summed E-state index contributed by atoms with van der Waals surface area (Å²) < 4.78 is 9.87. The van der Waals surface area contributed by atoms with Crippen LogP contribution in [0.3, 0.4) is 0 Å². The SMILES string of the molecule is Cc1cccc(C)c1-n1nc2c(c1-c1ccc3c(ccn3I)c1)CN(C(=O)OC(C)(C)C)CC2. The number of para-hydroxylation sites is 1. The van der Waals surface area contributed by atoms with Crippen LogP contribution in [0.5, 0.6) is 0 Å². The van der Waals surface area contributed by atoms with Gasteiger partial charge in [0.15, 0.2) is 0 Å². The monoisotopic (exact) mass is 568 g/mol. The highest BCUT2D eigenvalue weighted by Gasteiger charge is 2.31. The first kappa shape index (κ1) is 23.0. The number of carbonyl (C=O) groups is 1. The maximum absolute atomic E-state index is 12.9. The van der Waals surface area contributed by atoms with E-state index in [0.717, 1.165) is 28.2 Å². The van der Waals surface area contributed by atoms with E-state index in [2.05, 4.69) is 92.8 Å². The third kappa shape index (κ3) is 4.10. The van der Waals surface area contributed by atoms with Gasteiger partial charge in [-0.05, 0) is 63.9 Å². The highest BCUT2D eigenvalue weighted by Crippen LogP contribution is 2.36. The summed E-state index contributed by atoms with van der Waals surface area (Å²) in [6.07, 6.45) is 2.49. The van der Waals surface area contributed by atoms with Gasteiger partial charge in [-0.2, -0.15) is 5.10 Å². The maximum atomic E-state index is 12.9. The average Bonchev–Trinajstić information content (AvgIpc) is 3.32. The van der Waals surface area contributed by atoms with Crippen molar-refractivity contribution in [2.45, 2.75) is 53.2 Å². The third-order valence-corrected chi connectivity index (χ3v) is 7.09. The summed E-state index contributed by atoms with van der Waals surface area (Å²) in [5, 5.41) is 6.28. The van der Waals surface area contributed by atoms with Crippen LogP contribution in [-0.2, 0) is 17.7 Å². The molecule has 0 atom stereocenters. The maximum Gasteiger partial charge on any atom is 0.410 e. The number of hydrogen-bond acceptors (Lipinski definition) is 3. The van der Waals surface area contributed by atoms with Crippen molar-refractivity contribution >= 4 is 39.9 Å². The molecule has 4 aromatic rings. The molecule has 1 aliphatic rings. The Balaban J connectivity index is 1.68. The predicted molar refractivity (Wildman–Crippen MR) is 144 cm³/mol. The van der Waals surface area contributed by atoms with E-state index in [-0.39, 0.29) is 6.09 Å². The molecule has 1 aliphatic heterocycles. The summed E-state index contributed by atoms with van der Waals surface area (Å²) in [7, 11) is 0. The van der Waals surface area contributed by atoms with Crippen molar-refractivity contribution in [3.05, 3.63) is 71.0 Å². The minimum Gasteiger partial charge on any atom is -0.444 e. The molecule has 34 heavy (non-hydrogen) atoms. The molecule has 2 aromatic carbocycles. The lowest BCUT2D eigenvalue weighted by atomic mass is 9.99. The first-order valence-corrected chi connectivity index (χ1v) is 12.5. The summed E-state index contributed by atoms with van der Waals surface area (Å²) >= 11 is 2.30. The van der Waals surface area contributed by atoms with E-state index in [9.17, 15) is 4.79 Å². The molecule has 0 spiro atoms. The quantitative estimate of drug-likeness (QED) is 0.256. The van der Waals surface area contributed by atoms with Crippen molar-refractivity contribution in [1.29, 1.82) is 0 Å². The number of rotatable bonds is 2. The Labute approximate surface area is 214 Å². The van der Waals surface area contributed by atoms with E-state index in [1.54, 1.807) is 4.90 Å². The van der Waals surface area contributed by atoms with Gasteiger partial charge >= 0.3 is 6.09 Å². The first-order valence-electron chi connectivity index (χ1n) is 11.6. The van der Waals surface area contributed by atoms with Crippen LogP contribution in [0.2, 0.25) is 0 Å². The summed E-state index contributed by atoms with van der Waals surface area (Å²) in [6.45, 7) is 11.0. The van der Waals surface area contributed by atoms with E-state index in [1.165, 1.54) is 22.0 Å². The number of aryl methyl sites for hydroxylation is 2. The molecule has 0 saturated carbocycles. The normalized spacial score (nSPS) is 13.9. The van der Waals surface area contributed by atoms with E-state index in [4.69, 9.17) is 9.84 Å². The van der Waals surface area contributed by atoms with Crippen LogP contribution >= 0.6 is 22.9 Å². The fraction of sp³-hybridized carbons (Fsp3) is 0.333. The molecule has 0 aliphatic carbocycles. The molecule has 7 heteroatoms. The van der Waals surface area contributed by atoms with Gasteiger partial charge in [-0.15, -0.1) is 0 Å². The van der Waals surface area contributed by atoms with Crippen molar-refractivity contribution in [2.24, 2.45) is 0 Å². The molecular formula is C27H29IN4O2. The highest BCUT2D eigenvalue weighted by molar-refractivity contribution is 14.1. The highest BCUT2D eigenvalue weighted by atomic mass is 127. The second-order valence-corrected chi connectivity index (χ2v) is 11.0. The number of amides is 1. The molecule has 2 aromatic heterocycles. The molecule has 0 fully saturated rings. The van der Waals surface area contributed by atoms with Crippen molar-refractivity contribution < 1.29 is 9.53 Å². The minimum absolute atomic E-state index is 0.277. The van der Waals surface area contributed by atoms with Crippen molar-refractivity contribution in [1.82, 2.24) is 17.5 Å². The average molecular weight is 568 g/mol. The molecule has 0 N–H and O–H groups in total. The Hall–Kier alpha value is -2.81. The molecule has 0 unspecified atom stereocenters. The topological polar surface area (TPSA) is 52.3 Å². The fourth-order valence-electron chi connectivity index (χ4n) is 4.71. The molecule has 6 nitrogen and oxygen atoms in total. The number of hydrogen-bond donors (Lipinski definition) is 0. The van der Waals surface area contributed by atoms with Gasteiger partial charge < -0.3 is 9.64 Å². The van der Waals surface area contributed by atoms with E-state index in [1.807, 2.05) is 20.8 Å². The van der Waals surface area contributed by atoms with Crippen molar-refractivity contribution in [3.63, 3.8) is 0 Å². The molecule has 5 rings (SSSR count). The lowest BCUT2D eigenvalue weighted by Crippen LogP contribution is -2.39. The van der Waals surface area contributed by atoms with Crippen LogP contribution in [0.4, 0.5) is 4.79 Å². The van der Waals surface area contributed by atoms with E-state index in [0.29, 0.717) is 19.5 Å². The number of aromatic nitrogens is 3. The minimum atomic E-state index is -0.528. The zero-order valence-electron chi connectivity index (χ0n) is 20.2. The Morgan fingerprint density at radius 1 is 1.09 bits per heavy atom. The van der Waals surface area contributed by atoms with E-state index < -0.39 is 5.60 Å². The summed E-state index contributed by atoms with van der Waals surface area (Å²) in [5.74, 6) is 0. The molecule has 0 saturated heterocycles. The molecule has 1 amide bonds. The zero-order valence-corrected chi connectivity index (χ0v) is 22.4. The summed E-state index contributed by atoms with van der Waals surface area (Å²) in [5.41, 5.74) is 8.36. The molecule has 176 valence electrons. The standard InChI is InChI=1S/C27H29IN4O2/c1-17-7-6-8-18(2)24(17)32-25(20-9-10-23-19(15-20)11-14-31(23)28)21-16-30(13-12-22(21)29-32)26(33)34-27(3,4)5/h6-11,14-15H,12-13,16H2,1-5H3. The number of nitrogens with zero attached hydrogens (tertiary/aromatic N) is 4. The Bertz CT molecular complexity index is 1390. The number of ether oxygens (including phenoxy) is 1. The van der Waals surface area contributed by atoms with Gasteiger partial charge in [0.2, 0.25) is 0 Å². The van der Waals surface area contributed by atoms with E-state index >= 15 is 0 Å². The third-order valence-electron chi connectivity index (χ3n) is 6.25. The van der Waals surface area contributed by atoms with Crippen LogP contribution in [-0.4, -0.2) is 35.7 Å². The second kappa shape index (κ2) is 8.45. The number of carbonyl (C=O) groups excluding carboxylic acids is 1. The van der Waals surface area contributed by atoms with Gasteiger partial charge in [0.1, 0.15) is 5.60 Å². The Kier molecular flexibility index (Phi) is 5.70. The first-order chi connectivity index (χ1) is 16.1. The lowest BCUT2D eigenvalue weighted by molar-refractivity contribution is 0.0224. The van der Waals surface area contributed by atoms with Gasteiger partial charge in [0.05, 0.1) is 52.0 Å². The van der Waals surface area contributed by atoms with Crippen molar-refractivity contribution in [2.75, 3.05) is 6.54 Å². The van der Waals surface area contributed by atoms with Gasteiger partial charge in [-0.3, -0.25) is 2.78 Å². The van der Waals surface area contributed by atoms with Gasteiger partial charge in [0.25, 0.3) is 0 Å². The molecular weight excluding hydrogens is 539 g/mol. The van der Waals surface area contributed by atoms with Crippen molar-refractivity contribution in [3.8, 4) is 16.9 Å². The van der Waals surface area contributed by atoms with Crippen LogP contribution in [0, 0.1) is 13.8 Å². The van der Waals surface area contributed by atoms with Crippen LogP contribution < -0.4 is 0 Å². The second-order valence-electron chi connectivity index (χ2n) is 9.98.